The molecule has 1 N–H and O–H groups in total. The first-order valence-electron chi connectivity index (χ1n) is 6.31. The van der Waals surface area contributed by atoms with Crippen LogP contribution in [0, 0.1) is 17.5 Å². The van der Waals surface area contributed by atoms with E-state index >= 15 is 0 Å². The Morgan fingerprint density at radius 2 is 1.65 bits per heavy atom. The Labute approximate surface area is 114 Å². The third-order valence-corrected chi connectivity index (χ3v) is 2.73. The molecule has 1 aromatic carbocycles. The van der Waals surface area contributed by atoms with Crippen LogP contribution in [0.1, 0.15) is 19.7 Å². The van der Waals surface area contributed by atoms with E-state index in [1.807, 2.05) is 13.8 Å². The summed E-state index contributed by atoms with van der Waals surface area (Å²) in [6, 6.07) is 2.84. The molecule has 3 nitrogen and oxygen atoms in total. The van der Waals surface area contributed by atoms with Gasteiger partial charge in [0.2, 0.25) is 0 Å². The van der Waals surface area contributed by atoms with E-state index in [4.69, 9.17) is 0 Å². The van der Waals surface area contributed by atoms with Crippen molar-refractivity contribution in [2.75, 3.05) is 11.9 Å². The molecule has 0 saturated carbocycles. The second kappa shape index (κ2) is 5.90. The number of hydrogen-bond donors (Lipinski definition) is 1. The molecule has 2 aromatic rings. The lowest BCUT2D eigenvalue weighted by molar-refractivity contribution is 0.496. The molecule has 0 fully saturated rings. The van der Waals surface area contributed by atoms with Crippen molar-refractivity contribution in [2.24, 2.45) is 0 Å². The van der Waals surface area contributed by atoms with Crippen molar-refractivity contribution in [3.8, 4) is 11.3 Å². The van der Waals surface area contributed by atoms with Crippen LogP contribution in [0.4, 0.5) is 19.0 Å². The maximum absolute atomic E-state index is 13.8. The lowest BCUT2D eigenvalue weighted by Crippen LogP contribution is -2.05. The second-order valence-electron chi connectivity index (χ2n) is 4.18. The van der Waals surface area contributed by atoms with Crippen LogP contribution in [0.5, 0.6) is 0 Å². The summed E-state index contributed by atoms with van der Waals surface area (Å²) in [5.41, 5.74) is 0.143. The summed E-state index contributed by atoms with van der Waals surface area (Å²) in [5.74, 6) is -2.15. The predicted molar refractivity (Wildman–Crippen MR) is 70.9 cm³/mol. The zero-order chi connectivity index (χ0) is 14.7. The van der Waals surface area contributed by atoms with Gasteiger partial charge in [0.25, 0.3) is 0 Å². The van der Waals surface area contributed by atoms with Gasteiger partial charge in [-0.25, -0.2) is 23.1 Å². The Morgan fingerprint density at radius 3 is 2.30 bits per heavy atom. The average Bonchev–Trinajstić information content (AvgIpc) is 2.42. The summed E-state index contributed by atoms with van der Waals surface area (Å²) in [7, 11) is 0. The fraction of sp³-hybridized carbons (Fsp3) is 0.286. The lowest BCUT2D eigenvalue weighted by Gasteiger charge is -2.09. The highest BCUT2D eigenvalue weighted by molar-refractivity contribution is 5.63. The van der Waals surface area contributed by atoms with Gasteiger partial charge in [0.1, 0.15) is 17.5 Å². The van der Waals surface area contributed by atoms with Crippen LogP contribution >= 0.6 is 0 Å². The molecular formula is C14H14F3N3. The Bertz CT molecular complexity index is 629. The molecule has 2 rings (SSSR count). The van der Waals surface area contributed by atoms with E-state index in [0.29, 0.717) is 30.7 Å². The Kier molecular flexibility index (Phi) is 4.22. The molecule has 0 aliphatic rings. The van der Waals surface area contributed by atoms with Crippen LogP contribution < -0.4 is 5.32 Å². The average molecular weight is 281 g/mol. The summed E-state index contributed by atoms with van der Waals surface area (Å²) in [4.78, 5) is 8.38. The molecule has 0 aliphatic heterocycles. The zero-order valence-corrected chi connectivity index (χ0v) is 11.2. The first-order valence-corrected chi connectivity index (χ1v) is 6.31. The van der Waals surface area contributed by atoms with Crippen LogP contribution in [0.3, 0.4) is 0 Å². The van der Waals surface area contributed by atoms with Crippen LogP contribution in [0.15, 0.2) is 18.2 Å². The van der Waals surface area contributed by atoms with E-state index in [-0.39, 0.29) is 11.3 Å². The molecule has 0 unspecified atom stereocenters. The van der Waals surface area contributed by atoms with Crippen LogP contribution in [0.25, 0.3) is 11.3 Å². The standard InChI is InChI=1S/C14H14F3N3/c1-3-13-19-12(7-14(20-13)18-4-2)8-5-10(16)11(17)6-9(8)15/h5-7H,3-4H2,1-2H3,(H,18,19,20). The highest BCUT2D eigenvalue weighted by atomic mass is 19.2. The molecule has 0 radical (unpaired) electrons. The Morgan fingerprint density at radius 1 is 0.950 bits per heavy atom. The van der Waals surface area contributed by atoms with E-state index in [2.05, 4.69) is 15.3 Å². The van der Waals surface area contributed by atoms with Gasteiger partial charge < -0.3 is 5.32 Å². The number of rotatable bonds is 4. The minimum absolute atomic E-state index is 0.0832. The van der Waals surface area contributed by atoms with Crippen molar-refractivity contribution in [3.05, 3.63) is 41.5 Å². The summed E-state index contributed by atoms with van der Waals surface area (Å²) in [5, 5.41) is 3.00. The van der Waals surface area contributed by atoms with Crippen LogP contribution in [-0.4, -0.2) is 16.5 Å². The van der Waals surface area contributed by atoms with Crippen molar-refractivity contribution in [1.82, 2.24) is 9.97 Å². The number of anilines is 1. The smallest absolute Gasteiger partial charge is 0.161 e. The molecule has 0 saturated heterocycles. The fourth-order valence-electron chi connectivity index (χ4n) is 1.78. The van der Waals surface area contributed by atoms with Gasteiger partial charge in [-0.1, -0.05) is 6.92 Å². The summed E-state index contributed by atoms with van der Waals surface area (Å²) in [6.45, 7) is 4.39. The van der Waals surface area contributed by atoms with E-state index in [1.165, 1.54) is 6.07 Å². The number of benzene rings is 1. The van der Waals surface area contributed by atoms with Crippen molar-refractivity contribution >= 4 is 5.82 Å². The molecule has 0 aliphatic carbocycles. The summed E-state index contributed by atoms with van der Waals surface area (Å²) < 4.78 is 40.0. The fourth-order valence-corrected chi connectivity index (χ4v) is 1.78. The maximum atomic E-state index is 13.8. The van der Waals surface area contributed by atoms with E-state index in [9.17, 15) is 13.2 Å². The second-order valence-corrected chi connectivity index (χ2v) is 4.18. The topological polar surface area (TPSA) is 37.8 Å². The highest BCUT2D eigenvalue weighted by Gasteiger charge is 2.14. The number of nitrogens with one attached hydrogen (secondary N) is 1. The number of aromatic nitrogens is 2. The maximum Gasteiger partial charge on any atom is 0.161 e. The highest BCUT2D eigenvalue weighted by Crippen LogP contribution is 2.25. The Hall–Kier alpha value is -2.11. The molecule has 0 spiro atoms. The number of hydrogen-bond acceptors (Lipinski definition) is 3. The number of halogens is 3. The van der Waals surface area contributed by atoms with Gasteiger partial charge in [-0.2, -0.15) is 0 Å². The third kappa shape index (κ3) is 2.89. The molecule has 1 heterocycles. The quantitative estimate of drug-likeness (QED) is 0.871. The van der Waals surface area contributed by atoms with Gasteiger partial charge in [0, 0.05) is 30.7 Å². The minimum Gasteiger partial charge on any atom is -0.370 e. The van der Waals surface area contributed by atoms with Gasteiger partial charge in [-0.3, -0.25) is 0 Å². The number of nitrogens with zero attached hydrogens (tertiary/aromatic N) is 2. The Balaban J connectivity index is 2.56. The largest absolute Gasteiger partial charge is 0.370 e. The lowest BCUT2D eigenvalue weighted by atomic mass is 10.1. The van der Waals surface area contributed by atoms with E-state index < -0.39 is 17.5 Å². The van der Waals surface area contributed by atoms with Gasteiger partial charge in [-0.05, 0) is 13.0 Å². The van der Waals surface area contributed by atoms with Gasteiger partial charge in [-0.15, -0.1) is 0 Å². The van der Waals surface area contributed by atoms with Crippen molar-refractivity contribution in [1.29, 1.82) is 0 Å². The van der Waals surface area contributed by atoms with Gasteiger partial charge in [0.15, 0.2) is 11.6 Å². The SMILES string of the molecule is CCNc1cc(-c2cc(F)c(F)cc2F)nc(CC)n1. The normalized spacial score (nSPS) is 10.7. The number of aryl methyl sites for hydroxylation is 1. The van der Waals surface area contributed by atoms with Crippen molar-refractivity contribution < 1.29 is 13.2 Å². The molecule has 0 atom stereocenters. The van der Waals surface area contributed by atoms with Gasteiger partial charge >= 0.3 is 0 Å². The molecule has 6 heteroatoms. The van der Waals surface area contributed by atoms with Crippen molar-refractivity contribution in [3.63, 3.8) is 0 Å². The summed E-state index contributed by atoms with van der Waals surface area (Å²) >= 11 is 0. The third-order valence-electron chi connectivity index (χ3n) is 2.73. The van der Waals surface area contributed by atoms with E-state index in [0.717, 1.165) is 6.07 Å². The zero-order valence-electron chi connectivity index (χ0n) is 11.2. The molecule has 20 heavy (non-hydrogen) atoms. The molecule has 1 aromatic heterocycles. The first kappa shape index (κ1) is 14.3. The van der Waals surface area contributed by atoms with Crippen LogP contribution in [0.2, 0.25) is 0 Å². The van der Waals surface area contributed by atoms with E-state index in [1.54, 1.807) is 0 Å². The molecule has 0 amide bonds. The predicted octanol–water partition coefficient (Wildman–Crippen LogP) is 3.56. The van der Waals surface area contributed by atoms with Crippen LogP contribution in [-0.2, 0) is 6.42 Å². The molecule has 106 valence electrons. The summed E-state index contributed by atoms with van der Waals surface area (Å²) in [6.07, 6.45) is 0.553. The monoisotopic (exact) mass is 281 g/mol. The molecular weight excluding hydrogens is 267 g/mol. The van der Waals surface area contributed by atoms with Gasteiger partial charge in [0.05, 0.1) is 5.69 Å². The minimum atomic E-state index is -1.22. The molecule has 0 bridgehead atoms. The first-order chi connectivity index (χ1) is 9.55. The van der Waals surface area contributed by atoms with Crippen molar-refractivity contribution in [2.45, 2.75) is 20.3 Å².